The van der Waals surface area contributed by atoms with Gasteiger partial charge in [0.15, 0.2) is 0 Å². The number of rotatable bonds is 4. The van der Waals surface area contributed by atoms with E-state index in [2.05, 4.69) is 17.4 Å². The van der Waals surface area contributed by atoms with E-state index in [-0.39, 0.29) is 11.4 Å². The van der Waals surface area contributed by atoms with Crippen molar-refractivity contribution in [3.05, 3.63) is 71.8 Å². The molecule has 0 heterocycles. The molecule has 2 rings (SSSR count). The fourth-order valence-electron chi connectivity index (χ4n) is 2.12. The van der Waals surface area contributed by atoms with E-state index in [4.69, 9.17) is 0 Å². The van der Waals surface area contributed by atoms with Gasteiger partial charge in [0.1, 0.15) is 0 Å². The maximum atomic E-state index is 12.1. The molecule has 0 aliphatic rings. The molecule has 0 fully saturated rings. The molecule has 19 heavy (non-hydrogen) atoms. The number of hydrogen-bond acceptors (Lipinski definition) is 1. The highest BCUT2D eigenvalue weighted by Crippen LogP contribution is 2.13. The minimum Gasteiger partial charge on any atom is -0.347 e. The van der Waals surface area contributed by atoms with E-state index in [1.165, 1.54) is 5.56 Å². The van der Waals surface area contributed by atoms with E-state index in [9.17, 15) is 4.79 Å². The van der Waals surface area contributed by atoms with Crippen molar-refractivity contribution in [2.75, 3.05) is 0 Å². The Morgan fingerprint density at radius 1 is 0.947 bits per heavy atom. The van der Waals surface area contributed by atoms with Crippen LogP contribution in [0.5, 0.6) is 0 Å². The van der Waals surface area contributed by atoms with Gasteiger partial charge in [0.05, 0.1) is 0 Å². The monoisotopic (exact) mass is 253 g/mol. The van der Waals surface area contributed by atoms with Crippen LogP contribution in [0.1, 0.15) is 29.8 Å². The largest absolute Gasteiger partial charge is 0.347 e. The van der Waals surface area contributed by atoms with Crippen LogP contribution < -0.4 is 5.32 Å². The third-order valence-corrected chi connectivity index (χ3v) is 2.98. The zero-order valence-electron chi connectivity index (χ0n) is 11.4. The van der Waals surface area contributed by atoms with Crippen molar-refractivity contribution in [2.24, 2.45) is 0 Å². The van der Waals surface area contributed by atoms with Gasteiger partial charge in [0.25, 0.3) is 5.91 Å². The molecule has 2 aromatic rings. The Bertz CT molecular complexity index is 532. The average Bonchev–Trinajstić information content (AvgIpc) is 2.39. The fourth-order valence-corrected chi connectivity index (χ4v) is 2.12. The Morgan fingerprint density at radius 2 is 1.47 bits per heavy atom. The average molecular weight is 253 g/mol. The van der Waals surface area contributed by atoms with E-state index in [0.717, 1.165) is 6.42 Å². The first-order chi connectivity index (χ1) is 9.07. The van der Waals surface area contributed by atoms with Gasteiger partial charge in [-0.3, -0.25) is 4.79 Å². The van der Waals surface area contributed by atoms with Crippen molar-refractivity contribution in [3.63, 3.8) is 0 Å². The molecule has 1 amide bonds. The molecule has 0 aliphatic carbocycles. The summed E-state index contributed by atoms with van der Waals surface area (Å²) < 4.78 is 0. The van der Waals surface area contributed by atoms with E-state index in [1.54, 1.807) is 0 Å². The highest BCUT2D eigenvalue weighted by molar-refractivity contribution is 5.94. The van der Waals surface area contributed by atoms with Crippen LogP contribution in [0.25, 0.3) is 0 Å². The number of benzene rings is 2. The summed E-state index contributed by atoms with van der Waals surface area (Å²) in [6.45, 7) is 4.08. The molecule has 0 spiro atoms. The zero-order chi connectivity index (χ0) is 13.7. The van der Waals surface area contributed by atoms with Crippen LogP contribution in [0, 0.1) is 0 Å². The molecule has 98 valence electrons. The summed E-state index contributed by atoms with van der Waals surface area (Å²) in [7, 11) is 0. The molecule has 0 saturated carbocycles. The topological polar surface area (TPSA) is 29.1 Å². The van der Waals surface area contributed by atoms with Crippen molar-refractivity contribution < 1.29 is 4.79 Å². The summed E-state index contributed by atoms with van der Waals surface area (Å²) >= 11 is 0. The molecule has 0 aliphatic heterocycles. The maximum absolute atomic E-state index is 12.1. The molecular weight excluding hydrogens is 234 g/mol. The highest BCUT2D eigenvalue weighted by Gasteiger charge is 2.21. The third-order valence-electron chi connectivity index (χ3n) is 2.98. The molecule has 0 unspecified atom stereocenters. The van der Waals surface area contributed by atoms with E-state index >= 15 is 0 Å². The minimum absolute atomic E-state index is 0.0264. The van der Waals surface area contributed by atoms with Gasteiger partial charge in [-0.15, -0.1) is 0 Å². The van der Waals surface area contributed by atoms with Crippen LogP contribution in [0.4, 0.5) is 0 Å². The van der Waals surface area contributed by atoms with Crippen LogP contribution in [-0.4, -0.2) is 11.4 Å². The maximum Gasteiger partial charge on any atom is 0.251 e. The van der Waals surface area contributed by atoms with Crippen LogP contribution in [-0.2, 0) is 6.42 Å². The number of carbonyl (C=O) groups excluding carboxylic acids is 1. The summed E-state index contributed by atoms with van der Waals surface area (Å²) in [6.07, 6.45) is 0.812. The van der Waals surface area contributed by atoms with Crippen LogP contribution in [0.15, 0.2) is 60.7 Å². The normalized spacial score (nSPS) is 11.1. The fraction of sp³-hybridized carbons (Fsp3) is 0.235. The molecule has 0 bridgehead atoms. The number of amides is 1. The Labute approximate surface area is 114 Å². The van der Waals surface area contributed by atoms with Crippen molar-refractivity contribution in [1.29, 1.82) is 0 Å². The SMILES string of the molecule is CC(C)(Cc1ccccc1)NC(=O)c1ccccc1. The van der Waals surface area contributed by atoms with Gasteiger partial charge in [-0.05, 0) is 38.0 Å². The molecule has 2 aromatic carbocycles. The predicted octanol–water partition coefficient (Wildman–Crippen LogP) is 3.44. The van der Waals surface area contributed by atoms with E-state index < -0.39 is 0 Å². The highest BCUT2D eigenvalue weighted by atomic mass is 16.1. The molecule has 2 nitrogen and oxygen atoms in total. The van der Waals surface area contributed by atoms with Gasteiger partial charge in [0.2, 0.25) is 0 Å². The Balaban J connectivity index is 2.03. The summed E-state index contributed by atoms with van der Waals surface area (Å²) in [5, 5.41) is 3.08. The number of nitrogens with one attached hydrogen (secondary N) is 1. The van der Waals surface area contributed by atoms with Gasteiger partial charge in [0, 0.05) is 11.1 Å². The van der Waals surface area contributed by atoms with Crippen molar-refractivity contribution in [3.8, 4) is 0 Å². The van der Waals surface area contributed by atoms with Crippen LogP contribution in [0.3, 0.4) is 0 Å². The molecule has 1 N–H and O–H groups in total. The second-order valence-corrected chi connectivity index (χ2v) is 5.37. The lowest BCUT2D eigenvalue weighted by atomic mass is 9.94. The Hall–Kier alpha value is -2.09. The summed E-state index contributed by atoms with van der Waals surface area (Å²) in [5.41, 5.74) is 1.65. The first-order valence-electron chi connectivity index (χ1n) is 6.48. The lowest BCUT2D eigenvalue weighted by Gasteiger charge is -2.26. The van der Waals surface area contributed by atoms with Crippen molar-refractivity contribution in [2.45, 2.75) is 25.8 Å². The summed E-state index contributed by atoms with van der Waals surface area (Å²) in [6, 6.07) is 19.5. The van der Waals surface area contributed by atoms with Gasteiger partial charge < -0.3 is 5.32 Å². The zero-order valence-corrected chi connectivity index (χ0v) is 11.4. The van der Waals surface area contributed by atoms with Crippen LogP contribution in [0.2, 0.25) is 0 Å². The first kappa shape index (κ1) is 13.3. The van der Waals surface area contributed by atoms with Gasteiger partial charge in [-0.1, -0.05) is 48.5 Å². The standard InChI is InChI=1S/C17H19NO/c1-17(2,13-14-9-5-3-6-10-14)18-16(19)15-11-7-4-8-12-15/h3-12H,13H2,1-2H3,(H,18,19). The smallest absolute Gasteiger partial charge is 0.251 e. The second-order valence-electron chi connectivity index (χ2n) is 5.37. The summed E-state index contributed by atoms with van der Waals surface area (Å²) in [5.74, 6) is -0.0264. The van der Waals surface area contributed by atoms with Crippen molar-refractivity contribution >= 4 is 5.91 Å². The number of hydrogen-bond donors (Lipinski definition) is 1. The minimum atomic E-state index is -0.270. The molecule has 0 saturated heterocycles. The predicted molar refractivity (Wildman–Crippen MR) is 78.1 cm³/mol. The summed E-state index contributed by atoms with van der Waals surface area (Å²) in [4.78, 5) is 12.1. The van der Waals surface area contributed by atoms with Gasteiger partial charge in [-0.2, -0.15) is 0 Å². The molecule has 0 radical (unpaired) electrons. The van der Waals surface area contributed by atoms with Gasteiger partial charge >= 0.3 is 0 Å². The molecule has 0 atom stereocenters. The Kier molecular flexibility index (Phi) is 4.00. The van der Waals surface area contributed by atoms with Crippen molar-refractivity contribution in [1.82, 2.24) is 5.32 Å². The quantitative estimate of drug-likeness (QED) is 0.888. The Morgan fingerprint density at radius 3 is 2.05 bits per heavy atom. The first-order valence-corrected chi connectivity index (χ1v) is 6.48. The lowest BCUT2D eigenvalue weighted by molar-refractivity contribution is 0.0913. The van der Waals surface area contributed by atoms with E-state index in [1.807, 2.05) is 62.4 Å². The molecule has 0 aromatic heterocycles. The van der Waals surface area contributed by atoms with Gasteiger partial charge in [-0.25, -0.2) is 0 Å². The van der Waals surface area contributed by atoms with Crippen LogP contribution >= 0.6 is 0 Å². The molecule has 2 heteroatoms. The lowest BCUT2D eigenvalue weighted by Crippen LogP contribution is -2.45. The number of carbonyl (C=O) groups is 1. The third kappa shape index (κ3) is 3.95. The van der Waals surface area contributed by atoms with E-state index in [0.29, 0.717) is 5.56 Å². The molecular formula is C17H19NO. The second kappa shape index (κ2) is 5.70.